The van der Waals surface area contributed by atoms with Crippen LogP contribution in [0, 0.1) is 0 Å². The van der Waals surface area contributed by atoms with Crippen LogP contribution in [0.1, 0.15) is 29.1 Å². The molecule has 1 aromatic carbocycles. The zero-order valence-electron chi connectivity index (χ0n) is 9.45. The lowest BCUT2D eigenvalue weighted by molar-refractivity contribution is 0.0938. The molecule has 18 heavy (non-hydrogen) atoms. The third-order valence-corrected chi connectivity index (χ3v) is 3.19. The molecule has 2 rings (SSSR count). The van der Waals surface area contributed by atoms with E-state index in [2.05, 4.69) is 36.4 Å². The summed E-state index contributed by atoms with van der Waals surface area (Å²) in [6, 6.07) is 4.85. The summed E-state index contributed by atoms with van der Waals surface area (Å²) in [6.45, 7) is 1.81. The fraction of sp³-hybridized carbons (Fsp3) is 0.182. The van der Waals surface area contributed by atoms with Crippen LogP contribution >= 0.6 is 27.5 Å². The van der Waals surface area contributed by atoms with Gasteiger partial charge in [-0.25, -0.2) is 4.98 Å². The minimum atomic E-state index is -0.268. The summed E-state index contributed by atoms with van der Waals surface area (Å²) in [5.74, 6) is 0.333. The molecule has 1 unspecified atom stereocenters. The van der Waals surface area contributed by atoms with Crippen LogP contribution in [0.5, 0.6) is 0 Å². The summed E-state index contributed by atoms with van der Waals surface area (Å²) in [4.78, 5) is 16.0. The highest BCUT2D eigenvalue weighted by Gasteiger charge is 2.16. The fourth-order valence-electron chi connectivity index (χ4n) is 1.44. The van der Waals surface area contributed by atoms with Crippen LogP contribution in [0.15, 0.2) is 29.0 Å². The third kappa shape index (κ3) is 2.88. The predicted molar refractivity (Wildman–Crippen MR) is 71.4 cm³/mol. The largest absolute Gasteiger partial charge is 0.342 e. The molecule has 2 aromatic rings. The Hall–Kier alpha value is -1.40. The van der Waals surface area contributed by atoms with Crippen LogP contribution in [-0.2, 0) is 0 Å². The number of benzene rings is 1. The van der Waals surface area contributed by atoms with E-state index in [1.807, 2.05) is 6.92 Å². The molecule has 1 atom stereocenters. The van der Waals surface area contributed by atoms with E-state index in [-0.39, 0.29) is 11.9 Å². The average molecular weight is 330 g/mol. The molecule has 0 bridgehead atoms. The van der Waals surface area contributed by atoms with Crippen molar-refractivity contribution in [3.05, 3.63) is 45.4 Å². The predicted octanol–water partition coefficient (Wildman–Crippen LogP) is 2.71. The lowest BCUT2D eigenvalue weighted by Crippen LogP contribution is -2.27. The van der Waals surface area contributed by atoms with Crippen LogP contribution in [0.3, 0.4) is 0 Å². The molecule has 0 aliphatic carbocycles. The Morgan fingerprint density at radius 3 is 3.00 bits per heavy atom. The van der Waals surface area contributed by atoms with E-state index >= 15 is 0 Å². The zero-order valence-corrected chi connectivity index (χ0v) is 11.8. The second kappa shape index (κ2) is 5.49. The maximum Gasteiger partial charge on any atom is 0.253 e. The first-order chi connectivity index (χ1) is 8.58. The zero-order chi connectivity index (χ0) is 13.1. The number of H-pyrrole nitrogens is 1. The normalized spacial score (nSPS) is 12.2. The van der Waals surface area contributed by atoms with Crippen molar-refractivity contribution < 1.29 is 4.79 Å². The van der Waals surface area contributed by atoms with E-state index in [0.717, 1.165) is 4.47 Å². The molecule has 2 N–H and O–H groups in total. The van der Waals surface area contributed by atoms with Crippen molar-refractivity contribution in [2.75, 3.05) is 0 Å². The number of nitrogens with zero attached hydrogens (tertiary/aromatic N) is 2. The lowest BCUT2D eigenvalue weighted by atomic mass is 10.2. The van der Waals surface area contributed by atoms with Crippen LogP contribution in [0.2, 0.25) is 5.02 Å². The van der Waals surface area contributed by atoms with Gasteiger partial charge in [0.2, 0.25) is 0 Å². The van der Waals surface area contributed by atoms with Crippen molar-refractivity contribution in [2.45, 2.75) is 13.0 Å². The molecular formula is C11H10BrClN4O. The van der Waals surface area contributed by atoms with Gasteiger partial charge < -0.3 is 5.32 Å². The fourth-order valence-corrected chi connectivity index (χ4v) is 2.00. The quantitative estimate of drug-likeness (QED) is 0.909. The third-order valence-electron chi connectivity index (χ3n) is 2.36. The molecule has 0 fully saturated rings. The summed E-state index contributed by atoms with van der Waals surface area (Å²) in [5, 5.41) is 9.63. The van der Waals surface area contributed by atoms with E-state index in [4.69, 9.17) is 11.6 Å². The standard InChI is InChI=1S/C11H10BrClN4O/c1-6(10-14-5-15-17-10)16-11(18)8-4-7(12)2-3-9(8)13/h2-6H,1H3,(H,16,18)(H,14,15,17). The number of nitrogens with one attached hydrogen (secondary N) is 2. The van der Waals surface area contributed by atoms with Crippen molar-refractivity contribution >= 4 is 33.4 Å². The molecule has 0 radical (unpaired) electrons. The molecule has 7 heteroatoms. The molecule has 0 aliphatic rings. The van der Waals surface area contributed by atoms with Gasteiger partial charge in [0.05, 0.1) is 16.6 Å². The second-order valence-electron chi connectivity index (χ2n) is 3.69. The maximum atomic E-state index is 12.0. The number of hydrogen-bond acceptors (Lipinski definition) is 3. The molecule has 1 aromatic heterocycles. The lowest BCUT2D eigenvalue weighted by Gasteiger charge is -2.12. The van der Waals surface area contributed by atoms with Gasteiger partial charge in [-0.05, 0) is 25.1 Å². The Morgan fingerprint density at radius 2 is 2.33 bits per heavy atom. The van der Waals surface area contributed by atoms with Gasteiger partial charge in [0.15, 0.2) is 0 Å². The van der Waals surface area contributed by atoms with Gasteiger partial charge in [-0.2, -0.15) is 5.10 Å². The second-order valence-corrected chi connectivity index (χ2v) is 5.01. The molecule has 1 heterocycles. The SMILES string of the molecule is CC(NC(=O)c1cc(Br)ccc1Cl)c1ncn[nH]1. The monoisotopic (exact) mass is 328 g/mol. The summed E-state index contributed by atoms with van der Waals surface area (Å²) in [5.41, 5.74) is 0.414. The number of halogens is 2. The van der Waals surface area contributed by atoms with Crippen LogP contribution in [0.4, 0.5) is 0 Å². The average Bonchev–Trinajstić information content (AvgIpc) is 2.85. The number of rotatable bonds is 3. The number of hydrogen-bond donors (Lipinski definition) is 2. The van der Waals surface area contributed by atoms with Gasteiger partial charge in [-0.3, -0.25) is 9.89 Å². The Labute approximate surface area is 117 Å². The van der Waals surface area contributed by atoms with E-state index in [1.54, 1.807) is 18.2 Å². The molecule has 94 valence electrons. The minimum absolute atomic E-state index is 0.259. The number of amides is 1. The van der Waals surface area contributed by atoms with Crippen molar-refractivity contribution in [2.24, 2.45) is 0 Å². The molecule has 0 saturated heterocycles. The van der Waals surface area contributed by atoms with Crippen molar-refractivity contribution in [1.82, 2.24) is 20.5 Å². The van der Waals surface area contributed by atoms with Gasteiger partial charge in [0, 0.05) is 4.47 Å². The summed E-state index contributed by atoms with van der Waals surface area (Å²) < 4.78 is 0.796. The Kier molecular flexibility index (Phi) is 3.98. The minimum Gasteiger partial charge on any atom is -0.342 e. The van der Waals surface area contributed by atoms with Gasteiger partial charge >= 0.3 is 0 Å². The molecule has 0 saturated carbocycles. The molecule has 0 spiro atoms. The topological polar surface area (TPSA) is 70.7 Å². The molecular weight excluding hydrogens is 320 g/mol. The molecule has 1 amide bonds. The van der Waals surface area contributed by atoms with Gasteiger partial charge in [0.1, 0.15) is 12.2 Å². The van der Waals surface area contributed by atoms with Gasteiger partial charge in [-0.15, -0.1) is 0 Å². The maximum absolute atomic E-state index is 12.0. The Morgan fingerprint density at radius 1 is 1.56 bits per heavy atom. The number of aromatic nitrogens is 3. The van der Waals surface area contributed by atoms with Crippen molar-refractivity contribution in [3.8, 4) is 0 Å². The van der Waals surface area contributed by atoms with E-state index in [9.17, 15) is 4.79 Å². The number of carbonyl (C=O) groups is 1. The Balaban J connectivity index is 2.15. The summed E-state index contributed by atoms with van der Waals surface area (Å²) in [7, 11) is 0. The van der Waals surface area contributed by atoms with Crippen LogP contribution < -0.4 is 5.32 Å². The van der Waals surface area contributed by atoms with Gasteiger partial charge in [-0.1, -0.05) is 27.5 Å². The highest BCUT2D eigenvalue weighted by molar-refractivity contribution is 9.10. The van der Waals surface area contributed by atoms with E-state index in [0.29, 0.717) is 16.4 Å². The highest BCUT2D eigenvalue weighted by Crippen LogP contribution is 2.21. The molecule has 0 aliphatic heterocycles. The Bertz CT molecular complexity index is 558. The van der Waals surface area contributed by atoms with E-state index in [1.165, 1.54) is 6.33 Å². The number of aromatic amines is 1. The van der Waals surface area contributed by atoms with Crippen LogP contribution in [0.25, 0.3) is 0 Å². The first-order valence-electron chi connectivity index (χ1n) is 5.19. The van der Waals surface area contributed by atoms with Crippen LogP contribution in [-0.4, -0.2) is 21.1 Å². The van der Waals surface area contributed by atoms with Crippen molar-refractivity contribution in [1.29, 1.82) is 0 Å². The summed E-state index contributed by atoms with van der Waals surface area (Å²) in [6.07, 6.45) is 1.39. The number of carbonyl (C=O) groups excluding carboxylic acids is 1. The van der Waals surface area contributed by atoms with Crippen molar-refractivity contribution in [3.63, 3.8) is 0 Å². The smallest absolute Gasteiger partial charge is 0.253 e. The summed E-state index contributed by atoms with van der Waals surface area (Å²) >= 11 is 9.28. The first-order valence-corrected chi connectivity index (χ1v) is 6.36. The highest BCUT2D eigenvalue weighted by atomic mass is 79.9. The first kappa shape index (κ1) is 13.0. The molecule has 5 nitrogen and oxygen atoms in total. The van der Waals surface area contributed by atoms with Gasteiger partial charge in [0.25, 0.3) is 5.91 Å². The van der Waals surface area contributed by atoms with E-state index < -0.39 is 0 Å².